The Morgan fingerprint density at radius 3 is 2.56 bits per heavy atom. The second-order valence-electron chi connectivity index (χ2n) is 6.19. The fourth-order valence-electron chi connectivity index (χ4n) is 2.73. The monoisotopic (exact) mass is 364 g/mol. The molecule has 7 nitrogen and oxygen atoms in total. The first-order valence-electron chi connectivity index (χ1n) is 8.60. The first-order chi connectivity index (χ1) is 13.1. The third kappa shape index (κ3) is 4.38. The van der Waals surface area contributed by atoms with E-state index in [1.807, 2.05) is 30.3 Å². The Morgan fingerprint density at radius 1 is 1.07 bits per heavy atom. The molecule has 0 radical (unpaired) electrons. The lowest BCUT2D eigenvalue weighted by molar-refractivity contribution is -0.130. The van der Waals surface area contributed by atoms with Crippen LogP contribution in [-0.4, -0.2) is 40.5 Å². The quantitative estimate of drug-likeness (QED) is 0.696. The van der Waals surface area contributed by atoms with Gasteiger partial charge in [0, 0.05) is 31.9 Å². The number of hydrogen-bond donors (Lipinski definition) is 2. The van der Waals surface area contributed by atoms with Gasteiger partial charge < -0.3 is 10.2 Å². The van der Waals surface area contributed by atoms with Crippen molar-refractivity contribution in [2.75, 3.05) is 13.6 Å². The lowest BCUT2D eigenvalue weighted by Gasteiger charge is -2.17. The van der Waals surface area contributed by atoms with Crippen LogP contribution in [0.5, 0.6) is 0 Å². The van der Waals surface area contributed by atoms with Crippen LogP contribution < -0.4 is 10.7 Å². The fourth-order valence-corrected chi connectivity index (χ4v) is 2.73. The molecular weight excluding hydrogens is 344 g/mol. The molecule has 0 atom stereocenters. The molecule has 2 amide bonds. The number of aromatic nitrogens is 2. The van der Waals surface area contributed by atoms with Gasteiger partial charge in [-0.1, -0.05) is 42.5 Å². The predicted octanol–water partition coefficient (Wildman–Crippen LogP) is 1.70. The molecule has 7 heteroatoms. The summed E-state index contributed by atoms with van der Waals surface area (Å²) >= 11 is 0. The van der Waals surface area contributed by atoms with Gasteiger partial charge in [-0.25, -0.2) is 0 Å². The zero-order valence-corrected chi connectivity index (χ0v) is 14.9. The normalized spacial score (nSPS) is 10.6. The Bertz CT molecular complexity index is 1010. The number of hydrogen-bond acceptors (Lipinski definition) is 4. The Balaban J connectivity index is 1.56. The topological polar surface area (TPSA) is 95.2 Å². The highest BCUT2D eigenvalue weighted by molar-refractivity contribution is 5.95. The van der Waals surface area contributed by atoms with Gasteiger partial charge in [-0.2, -0.15) is 5.10 Å². The van der Waals surface area contributed by atoms with Crippen LogP contribution in [0.25, 0.3) is 10.9 Å². The van der Waals surface area contributed by atoms with Crippen molar-refractivity contribution in [3.8, 4) is 0 Å². The Kier molecular flexibility index (Phi) is 5.61. The minimum atomic E-state index is -0.597. The first-order valence-corrected chi connectivity index (χ1v) is 8.60. The number of H-pyrrole nitrogens is 1. The number of benzene rings is 2. The highest BCUT2D eigenvalue weighted by atomic mass is 16.2. The van der Waals surface area contributed by atoms with Crippen molar-refractivity contribution in [3.63, 3.8) is 0 Å². The molecule has 0 saturated carbocycles. The number of carbonyl (C=O) groups is 2. The van der Waals surface area contributed by atoms with Crippen molar-refractivity contribution in [1.29, 1.82) is 0 Å². The molecule has 2 N–H and O–H groups in total. The largest absolute Gasteiger partial charge is 0.350 e. The number of carbonyl (C=O) groups excluding carboxylic acids is 2. The molecule has 2 aromatic carbocycles. The van der Waals surface area contributed by atoms with Gasteiger partial charge in [-0.3, -0.25) is 19.5 Å². The van der Waals surface area contributed by atoms with Gasteiger partial charge in [0.05, 0.1) is 5.52 Å². The maximum absolute atomic E-state index is 12.4. The molecule has 138 valence electrons. The van der Waals surface area contributed by atoms with E-state index in [1.165, 1.54) is 0 Å². The van der Waals surface area contributed by atoms with E-state index in [4.69, 9.17) is 0 Å². The summed E-state index contributed by atoms with van der Waals surface area (Å²) < 4.78 is 0. The molecule has 1 aromatic heterocycles. The number of fused-ring (bicyclic) bond motifs is 1. The summed E-state index contributed by atoms with van der Waals surface area (Å²) in [6, 6.07) is 16.5. The molecule has 27 heavy (non-hydrogen) atoms. The van der Waals surface area contributed by atoms with Gasteiger partial charge in [-0.05, 0) is 17.7 Å². The number of nitrogens with zero attached hydrogens (tertiary/aromatic N) is 2. The summed E-state index contributed by atoms with van der Waals surface area (Å²) in [6.07, 6.45) is 0.139. The highest BCUT2D eigenvalue weighted by Crippen LogP contribution is 2.06. The molecule has 0 fully saturated rings. The van der Waals surface area contributed by atoms with Crippen LogP contribution in [0.15, 0.2) is 59.4 Å². The molecule has 1 heterocycles. The van der Waals surface area contributed by atoms with Gasteiger partial charge in [0.25, 0.3) is 5.91 Å². The van der Waals surface area contributed by atoms with E-state index in [2.05, 4.69) is 15.5 Å². The molecule has 0 aliphatic heterocycles. The zero-order valence-electron chi connectivity index (χ0n) is 14.9. The number of aromatic amines is 1. The van der Waals surface area contributed by atoms with Crippen LogP contribution in [-0.2, 0) is 11.3 Å². The standard InChI is InChI=1S/C20H20N4O3/c1-24(13-14-7-3-2-4-8-14)17(25)11-12-21-20(27)18-19(26)15-9-5-6-10-16(15)22-23-18/h2-10H,11-13H2,1H3,(H,21,27)(H,22,26). The maximum atomic E-state index is 12.4. The first kappa shape index (κ1) is 18.3. The lowest BCUT2D eigenvalue weighted by Crippen LogP contribution is -2.34. The molecule has 0 bridgehead atoms. The highest BCUT2D eigenvalue weighted by Gasteiger charge is 2.15. The lowest BCUT2D eigenvalue weighted by atomic mass is 10.2. The van der Waals surface area contributed by atoms with E-state index in [-0.39, 0.29) is 24.6 Å². The van der Waals surface area contributed by atoms with Gasteiger partial charge in [0.15, 0.2) is 5.69 Å². The fraction of sp³-hybridized carbons (Fsp3) is 0.200. The van der Waals surface area contributed by atoms with Crippen molar-refractivity contribution in [1.82, 2.24) is 20.4 Å². The van der Waals surface area contributed by atoms with Crippen molar-refractivity contribution >= 4 is 22.7 Å². The predicted molar refractivity (Wildman–Crippen MR) is 102 cm³/mol. The summed E-state index contributed by atoms with van der Waals surface area (Å²) in [4.78, 5) is 38.4. The third-order valence-corrected chi connectivity index (χ3v) is 4.20. The van der Waals surface area contributed by atoms with Crippen LogP contribution in [0.1, 0.15) is 22.5 Å². The average Bonchev–Trinajstić information content (AvgIpc) is 2.69. The van der Waals surface area contributed by atoms with E-state index in [9.17, 15) is 14.4 Å². The van der Waals surface area contributed by atoms with Crippen LogP contribution in [0.2, 0.25) is 0 Å². The summed E-state index contributed by atoms with van der Waals surface area (Å²) in [7, 11) is 1.72. The third-order valence-electron chi connectivity index (χ3n) is 4.20. The van der Waals surface area contributed by atoms with Crippen LogP contribution in [0.4, 0.5) is 0 Å². The van der Waals surface area contributed by atoms with Gasteiger partial charge in [-0.15, -0.1) is 0 Å². The number of rotatable bonds is 6. The molecule has 3 aromatic rings. The molecule has 0 unspecified atom stereocenters. The minimum Gasteiger partial charge on any atom is -0.350 e. The summed E-state index contributed by atoms with van der Waals surface area (Å²) in [5.41, 5.74) is 0.953. The molecule has 3 rings (SSSR count). The summed E-state index contributed by atoms with van der Waals surface area (Å²) in [5.74, 6) is -0.694. The van der Waals surface area contributed by atoms with Crippen molar-refractivity contribution in [2.45, 2.75) is 13.0 Å². The van der Waals surface area contributed by atoms with Gasteiger partial charge in [0.2, 0.25) is 11.3 Å². The smallest absolute Gasteiger partial charge is 0.275 e. The van der Waals surface area contributed by atoms with E-state index in [0.29, 0.717) is 17.4 Å². The molecule has 0 aliphatic carbocycles. The van der Waals surface area contributed by atoms with E-state index in [0.717, 1.165) is 5.56 Å². The van der Waals surface area contributed by atoms with Crippen molar-refractivity contribution in [3.05, 3.63) is 76.1 Å². The van der Waals surface area contributed by atoms with E-state index >= 15 is 0 Å². The van der Waals surface area contributed by atoms with Crippen molar-refractivity contribution < 1.29 is 9.59 Å². The maximum Gasteiger partial charge on any atom is 0.275 e. The van der Waals surface area contributed by atoms with E-state index < -0.39 is 11.3 Å². The molecule has 0 spiro atoms. The molecule has 0 saturated heterocycles. The Morgan fingerprint density at radius 2 is 1.78 bits per heavy atom. The average molecular weight is 364 g/mol. The Hall–Kier alpha value is -3.48. The Labute approximate surface area is 156 Å². The SMILES string of the molecule is CN(Cc1ccccc1)C(=O)CCNC(=O)c1n[nH]c2ccccc2c1=O. The number of amides is 2. The van der Waals surface area contributed by atoms with Crippen LogP contribution >= 0.6 is 0 Å². The number of nitrogens with one attached hydrogen (secondary N) is 2. The molecular formula is C20H20N4O3. The summed E-state index contributed by atoms with van der Waals surface area (Å²) in [6.45, 7) is 0.629. The van der Waals surface area contributed by atoms with Crippen molar-refractivity contribution in [2.24, 2.45) is 0 Å². The minimum absolute atomic E-state index is 0.0977. The van der Waals surface area contributed by atoms with Gasteiger partial charge >= 0.3 is 0 Å². The second kappa shape index (κ2) is 8.27. The number of para-hydroxylation sites is 1. The van der Waals surface area contributed by atoms with E-state index in [1.54, 1.807) is 36.2 Å². The zero-order chi connectivity index (χ0) is 19.2. The second-order valence-corrected chi connectivity index (χ2v) is 6.19. The summed E-state index contributed by atoms with van der Waals surface area (Å²) in [5, 5.41) is 9.53. The van der Waals surface area contributed by atoms with Crippen LogP contribution in [0.3, 0.4) is 0 Å². The molecule has 0 aliphatic rings. The van der Waals surface area contributed by atoms with Crippen LogP contribution in [0, 0.1) is 0 Å². The van der Waals surface area contributed by atoms with Gasteiger partial charge in [0.1, 0.15) is 0 Å².